The Morgan fingerprint density at radius 1 is 1.18 bits per heavy atom. The van der Waals surface area contributed by atoms with Crippen LogP contribution < -0.4 is 10.6 Å². The summed E-state index contributed by atoms with van der Waals surface area (Å²) >= 11 is 0. The molecular weight excluding hydrogens is 220 g/mol. The highest BCUT2D eigenvalue weighted by molar-refractivity contribution is 5.83. The second kappa shape index (κ2) is 8.06. The van der Waals surface area contributed by atoms with Gasteiger partial charge < -0.3 is 15.7 Å². The molecule has 0 aromatic rings. The fourth-order valence-electron chi connectivity index (χ4n) is 1.40. The van der Waals surface area contributed by atoms with Crippen molar-refractivity contribution in [2.24, 2.45) is 5.92 Å². The van der Waals surface area contributed by atoms with Gasteiger partial charge in [-0.15, -0.1) is 0 Å². The number of aliphatic carboxylic acids is 1. The zero-order chi connectivity index (χ0) is 13.4. The third-order valence-electron chi connectivity index (χ3n) is 2.38. The minimum atomic E-state index is -0.978. The lowest BCUT2D eigenvalue weighted by molar-refractivity contribution is -0.143. The van der Waals surface area contributed by atoms with Crippen molar-refractivity contribution < 1.29 is 14.7 Å². The standard InChI is InChI=1S/C12H24N2O3/c1-8(2)11(12(16)17)14-10(15)6-5-7-13-9(3)4/h8-9,11,13H,5-7H2,1-4H3,(H,14,15)(H,16,17)/t11-/m0/s1. The molecule has 0 aliphatic heterocycles. The minimum absolute atomic E-state index is 0.106. The molecule has 0 saturated heterocycles. The Labute approximate surface area is 103 Å². The molecule has 0 saturated carbocycles. The van der Waals surface area contributed by atoms with Crippen molar-refractivity contribution in [2.75, 3.05) is 6.54 Å². The molecule has 0 fully saturated rings. The molecule has 0 spiro atoms. The van der Waals surface area contributed by atoms with E-state index in [-0.39, 0.29) is 11.8 Å². The number of carboxylic acids is 1. The molecule has 100 valence electrons. The molecule has 5 heteroatoms. The Balaban J connectivity index is 3.87. The Morgan fingerprint density at radius 3 is 2.18 bits per heavy atom. The molecule has 0 aliphatic carbocycles. The van der Waals surface area contributed by atoms with Crippen molar-refractivity contribution >= 4 is 11.9 Å². The van der Waals surface area contributed by atoms with Crippen LogP contribution in [-0.2, 0) is 9.59 Å². The summed E-state index contributed by atoms with van der Waals surface area (Å²) in [5.41, 5.74) is 0. The molecule has 0 heterocycles. The predicted octanol–water partition coefficient (Wildman–Crippen LogP) is 0.990. The monoisotopic (exact) mass is 244 g/mol. The van der Waals surface area contributed by atoms with E-state index in [0.29, 0.717) is 18.9 Å². The van der Waals surface area contributed by atoms with E-state index < -0.39 is 12.0 Å². The second-order valence-electron chi connectivity index (χ2n) is 4.84. The number of carboxylic acid groups (broad SMARTS) is 1. The van der Waals surface area contributed by atoms with Crippen LogP contribution in [0.1, 0.15) is 40.5 Å². The van der Waals surface area contributed by atoms with Gasteiger partial charge in [-0.1, -0.05) is 27.7 Å². The summed E-state index contributed by atoms with van der Waals surface area (Å²) < 4.78 is 0. The molecule has 0 aliphatic rings. The lowest BCUT2D eigenvalue weighted by Gasteiger charge is -2.17. The third kappa shape index (κ3) is 7.74. The zero-order valence-corrected chi connectivity index (χ0v) is 11.1. The highest BCUT2D eigenvalue weighted by Crippen LogP contribution is 2.02. The first-order valence-electron chi connectivity index (χ1n) is 6.10. The zero-order valence-electron chi connectivity index (χ0n) is 11.1. The lowest BCUT2D eigenvalue weighted by atomic mass is 10.0. The largest absolute Gasteiger partial charge is 0.480 e. The second-order valence-corrected chi connectivity index (χ2v) is 4.84. The van der Waals surface area contributed by atoms with Crippen LogP contribution in [0.3, 0.4) is 0 Å². The number of hydrogen-bond acceptors (Lipinski definition) is 3. The Bertz CT molecular complexity index is 252. The summed E-state index contributed by atoms with van der Waals surface area (Å²) in [7, 11) is 0. The van der Waals surface area contributed by atoms with E-state index in [1.165, 1.54) is 0 Å². The van der Waals surface area contributed by atoms with E-state index in [1.807, 2.05) is 13.8 Å². The number of hydrogen-bond donors (Lipinski definition) is 3. The van der Waals surface area contributed by atoms with Crippen LogP contribution in [0.5, 0.6) is 0 Å². The summed E-state index contributed by atoms with van der Waals surface area (Å²) in [6.07, 6.45) is 1.07. The molecular formula is C12H24N2O3. The van der Waals surface area contributed by atoms with Gasteiger partial charge in [0.2, 0.25) is 5.91 Å². The summed E-state index contributed by atoms with van der Waals surface area (Å²) in [4.78, 5) is 22.4. The SMILES string of the molecule is CC(C)NCCCC(=O)N[C@H](C(=O)O)C(C)C. The molecule has 0 unspecified atom stereocenters. The average molecular weight is 244 g/mol. The molecule has 3 N–H and O–H groups in total. The number of nitrogens with one attached hydrogen (secondary N) is 2. The topological polar surface area (TPSA) is 78.4 Å². The number of carbonyl (C=O) groups is 2. The molecule has 0 bridgehead atoms. The van der Waals surface area contributed by atoms with Gasteiger partial charge in [0.1, 0.15) is 6.04 Å². The smallest absolute Gasteiger partial charge is 0.326 e. The van der Waals surface area contributed by atoms with Gasteiger partial charge in [0.15, 0.2) is 0 Å². The van der Waals surface area contributed by atoms with Crippen molar-refractivity contribution in [2.45, 2.75) is 52.6 Å². The van der Waals surface area contributed by atoms with Crippen molar-refractivity contribution in [1.82, 2.24) is 10.6 Å². The minimum Gasteiger partial charge on any atom is -0.480 e. The fraction of sp³-hybridized carbons (Fsp3) is 0.833. The van der Waals surface area contributed by atoms with Gasteiger partial charge in [0, 0.05) is 12.5 Å². The van der Waals surface area contributed by atoms with Crippen molar-refractivity contribution in [3.05, 3.63) is 0 Å². The summed E-state index contributed by atoms with van der Waals surface area (Å²) in [6, 6.07) is -0.388. The highest BCUT2D eigenvalue weighted by atomic mass is 16.4. The number of carbonyl (C=O) groups excluding carboxylic acids is 1. The first-order valence-corrected chi connectivity index (χ1v) is 6.10. The molecule has 17 heavy (non-hydrogen) atoms. The van der Waals surface area contributed by atoms with Crippen LogP contribution in [0.15, 0.2) is 0 Å². The molecule has 1 atom stereocenters. The quantitative estimate of drug-likeness (QED) is 0.556. The van der Waals surface area contributed by atoms with Crippen LogP contribution in [0.4, 0.5) is 0 Å². The molecule has 0 rings (SSSR count). The maximum atomic E-state index is 11.5. The fourth-order valence-corrected chi connectivity index (χ4v) is 1.40. The van der Waals surface area contributed by atoms with E-state index in [9.17, 15) is 9.59 Å². The van der Waals surface area contributed by atoms with Gasteiger partial charge in [-0.3, -0.25) is 4.79 Å². The summed E-state index contributed by atoms with van der Waals surface area (Å²) in [5.74, 6) is -1.28. The average Bonchev–Trinajstić information content (AvgIpc) is 2.19. The van der Waals surface area contributed by atoms with Gasteiger partial charge in [-0.25, -0.2) is 4.79 Å². The van der Waals surface area contributed by atoms with Gasteiger partial charge in [-0.05, 0) is 18.9 Å². The van der Waals surface area contributed by atoms with Crippen LogP contribution in [0.2, 0.25) is 0 Å². The molecule has 0 aromatic carbocycles. The Hall–Kier alpha value is -1.10. The van der Waals surface area contributed by atoms with E-state index in [0.717, 1.165) is 6.54 Å². The molecule has 0 aromatic heterocycles. The van der Waals surface area contributed by atoms with Gasteiger partial charge in [0.25, 0.3) is 0 Å². The van der Waals surface area contributed by atoms with Crippen LogP contribution >= 0.6 is 0 Å². The third-order valence-corrected chi connectivity index (χ3v) is 2.38. The Kier molecular flexibility index (Phi) is 7.54. The van der Waals surface area contributed by atoms with E-state index >= 15 is 0 Å². The molecule has 5 nitrogen and oxygen atoms in total. The number of rotatable bonds is 8. The van der Waals surface area contributed by atoms with Crippen molar-refractivity contribution in [3.63, 3.8) is 0 Å². The normalized spacial score (nSPS) is 12.8. The van der Waals surface area contributed by atoms with Crippen LogP contribution in [0, 0.1) is 5.92 Å². The van der Waals surface area contributed by atoms with Crippen LogP contribution in [0.25, 0.3) is 0 Å². The summed E-state index contributed by atoms with van der Waals surface area (Å²) in [5, 5.41) is 14.7. The van der Waals surface area contributed by atoms with Gasteiger partial charge in [0.05, 0.1) is 0 Å². The first kappa shape index (κ1) is 15.9. The van der Waals surface area contributed by atoms with Crippen molar-refractivity contribution in [1.29, 1.82) is 0 Å². The molecule has 0 radical (unpaired) electrons. The van der Waals surface area contributed by atoms with Gasteiger partial charge >= 0.3 is 5.97 Å². The van der Waals surface area contributed by atoms with Gasteiger partial charge in [-0.2, -0.15) is 0 Å². The van der Waals surface area contributed by atoms with Crippen molar-refractivity contribution in [3.8, 4) is 0 Å². The molecule has 1 amide bonds. The Morgan fingerprint density at radius 2 is 1.76 bits per heavy atom. The summed E-state index contributed by atoms with van der Waals surface area (Å²) in [6.45, 7) is 8.40. The van der Waals surface area contributed by atoms with Crippen LogP contribution in [-0.4, -0.2) is 35.6 Å². The maximum absolute atomic E-state index is 11.5. The predicted molar refractivity (Wildman–Crippen MR) is 66.8 cm³/mol. The van der Waals surface area contributed by atoms with E-state index in [1.54, 1.807) is 13.8 Å². The lowest BCUT2D eigenvalue weighted by Crippen LogP contribution is -2.44. The van der Waals surface area contributed by atoms with E-state index in [4.69, 9.17) is 5.11 Å². The number of amides is 1. The highest BCUT2D eigenvalue weighted by Gasteiger charge is 2.22. The first-order chi connectivity index (χ1) is 7.84. The maximum Gasteiger partial charge on any atom is 0.326 e. The van der Waals surface area contributed by atoms with E-state index in [2.05, 4.69) is 10.6 Å².